The van der Waals surface area contributed by atoms with E-state index in [1.54, 1.807) is 0 Å². The number of carboxylic acids is 1. The number of carbonyl (C=O) groups is 1. The smallest absolute Gasteiger partial charge is 0.321 e. The summed E-state index contributed by atoms with van der Waals surface area (Å²) in [7, 11) is 0. The van der Waals surface area contributed by atoms with Gasteiger partial charge in [-0.2, -0.15) is 12.6 Å². The highest BCUT2D eigenvalue weighted by Gasteiger charge is 2.06. The van der Waals surface area contributed by atoms with Crippen molar-refractivity contribution >= 4 is 43.4 Å². The molecule has 1 atom stereocenters. The van der Waals surface area contributed by atoms with Crippen LogP contribution in [0.5, 0.6) is 0 Å². The van der Waals surface area contributed by atoms with E-state index in [2.05, 4.69) is 12.6 Å². The van der Waals surface area contributed by atoms with Gasteiger partial charge in [-0.25, -0.2) is 0 Å². The Kier molecular flexibility index (Phi) is 27.0. The van der Waals surface area contributed by atoms with Crippen LogP contribution in [0.4, 0.5) is 0 Å². The fraction of sp³-hybridized carbons (Fsp3) is 0.667. The molecule has 4 nitrogen and oxygen atoms in total. The first kappa shape index (κ1) is 22.4. The van der Waals surface area contributed by atoms with E-state index in [1.165, 1.54) is 0 Å². The zero-order valence-corrected chi connectivity index (χ0v) is 7.51. The molecule has 66 valence electrons. The zero-order valence-electron chi connectivity index (χ0n) is 4.98. The van der Waals surface area contributed by atoms with Gasteiger partial charge in [-0.3, -0.25) is 4.79 Å². The van der Waals surface area contributed by atoms with Crippen LogP contribution in [0.15, 0.2) is 0 Å². The highest BCUT2D eigenvalue weighted by molar-refractivity contribution is 7.80. The van der Waals surface area contributed by atoms with Crippen molar-refractivity contribution in [2.24, 2.45) is 5.73 Å². The van der Waals surface area contributed by atoms with Crippen LogP contribution < -0.4 is 5.73 Å². The first-order chi connectivity index (χ1) is 3.18. The van der Waals surface area contributed by atoms with E-state index < -0.39 is 12.0 Å². The number of thiol groups is 1. The number of nitrogens with two attached hydrogens (primary N) is 1. The van der Waals surface area contributed by atoms with Crippen LogP contribution in [0.25, 0.3) is 0 Å². The second kappa shape index (κ2) is 12.0. The Hall–Kier alpha value is 0.320. The van der Waals surface area contributed by atoms with Crippen molar-refractivity contribution in [1.82, 2.24) is 0 Å². The van der Waals surface area contributed by atoms with Crippen molar-refractivity contribution in [1.29, 1.82) is 0 Å². The van der Waals surface area contributed by atoms with Gasteiger partial charge in [0.1, 0.15) is 6.04 Å². The van der Waals surface area contributed by atoms with Crippen molar-refractivity contribution in [3.8, 4) is 0 Å². The molecule has 0 aromatic carbocycles. The van der Waals surface area contributed by atoms with E-state index in [9.17, 15) is 4.79 Å². The molecule has 0 aliphatic carbocycles. The molecule has 0 aromatic heterocycles. The van der Waals surface area contributed by atoms with E-state index in [4.69, 9.17) is 10.8 Å². The molecule has 0 spiro atoms. The molecule has 0 radical (unpaired) electrons. The van der Waals surface area contributed by atoms with Gasteiger partial charge in [0.05, 0.1) is 0 Å². The Balaban J connectivity index is -0.0000000600. The lowest BCUT2D eigenvalue weighted by Crippen LogP contribution is -2.31. The lowest BCUT2D eigenvalue weighted by Gasteiger charge is -1.96. The van der Waals surface area contributed by atoms with E-state index in [-0.39, 0.29) is 36.0 Å². The van der Waals surface area contributed by atoms with E-state index >= 15 is 0 Å². The maximum absolute atomic E-state index is 9.76. The fourth-order valence-electron chi connectivity index (χ4n) is 0.0781. The lowest BCUT2D eigenvalue weighted by atomic mass is 10.4. The van der Waals surface area contributed by atoms with Crippen LogP contribution >= 0.6 is 37.4 Å². The predicted octanol–water partition coefficient (Wildman–Crippen LogP) is -0.653. The van der Waals surface area contributed by atoms with Gasteiger partial charge >= 0.3 is 5.97 Å². The molecule has 0 saturated heterocycles. The highest BCUT2D eigenvalue weighted by Crippen LogP contribution is 1.80. The molecular formula is C3H11Cl2NO3S. The summed E-state index contributed by atoms with van der Waals surface area (Å²) < 4.78 is 0. The largest absolute Gasteiger partial charge is 0.480 e. The third-order valence-corrected chi connectivity index (χ3v) is 0.907. The highest BCUT2D eigenvalue weighted by atomic mass is 35.5. The Morgan fingerprint density at radius 1 is 1.60 bits per heavy atom. The molecular weight excluding hydrogens is 201 g/mol. The quantitative estimate of drug-likeness (QED) is 0.530. The van der Waals surface area contributed by atoms with Gasteiger partial charge in [0.15, 0.2) is 0 Å². The van der Waals surface area contributed by atoms with E-state index in [0.717, 1.165) is 0 Å². The summed E-state index contributed by atoms with van der Waals surface area (Å²) in [6.45, 7) is 0. The van der Waals surface area contributed by atoms with Gasteiger partial charge in [0.25, 0.3) is 0 Å². The summed E-state index contributed by atoms with van der Waals surface area (Å²) >= 11 is 3.65. The molecule has 5 N–H and O–H groups in total. The molecule has 0 amide bonds. The predicted molar refractivity (Wildman–Crippen MR) is 47.6 cm³/mol. The summed E-state index contributed by atoms with van der Waals surface area (Å²) in [6, 6.07) is -0.816. The summed E-state index contributed by atoms with van der Waals surface area (Å²) in [6.07, 6.45) is 0. The molecule has 0 aliphatic heterocycles. The van der Waals surface area contributed by atoms with Crippen LogP contribution in [0, 0.1) is 0 Å². The van der Waals surface area contributed by atoms with Crippen LogP contribution in [0.3, 0.4) is 0 Å². The van der Waals surface area contributed by atoms with Gasteiger partial charge in [-0.1, -0.05) is 0 Å². The molecule has 0 rings (SSSR count). The SMILES string of the molecule is Cl.Cl.N[C@@H](CS)C(=O)O.O. The molecule has 0 unspecified atom stereocenters. The summed E-state index contributed by atoms with van der Waals surface area (Å²) in [5.41, 5.74) is 4.94. The third-order valence-electron chi connectivity index (χ3n) is 0.514. The number of hydrogen-bond acceptors (Lipinski definition) is 3. The van der Waals surface area contributed by atoms with Crippen molar-refractivity contribution in [2.45, 2.75) is 6.04 Å². The number of carboxylic acid groups (broad SMARTS) is 1. The minimum absolute atomic E-state index is 0. The van der Waals surface area contributed by atoms with Crippen LogP contribution in [-0.4, -0.2) is 28.3 Å². The number of hydrogen-bond donors (Lipinski definition) is 3. The second-order valence-corrected chi connectivity index (χ2v) is 1.49. The first-order valence-corrected chi connectivity index (χ1v) is 2.41. The minimum atomic E-state index is -1.00. The second-order valence-electron chi connectivity index (χ2n) is 1.13. The zero-order chi connectivity index (χ0) is 5.86. The van der Waals surface area contributed by atoms with E-state index in [0.29, 0.717) is 0 Å². The number of rotatable bonds is 2. The number of aliphatic carboxylic acids is 1. The van der Waals surface area contributed by atoms with Crippen molar-refractivity contribution in [3.63, 3.8) is 0 Å². The van der Waals surface area contributed by atoms with Crippen molar-refractivity contribution in [2.75, 3.05) is 5.75 Å². The van der Waals surface area contributed by atoms with Crippen LogP contribution in [-0.2, 0) is 4.79 Å². The first-order valence-electron chi connectivity index (χ1n) is 1.77. The molecule has 0 aromatic rings. The summed E-state index contributed by atoms with van der Waals surface area (Å²) in [5.74, 6) is -0.815. The lowest BCUT2D eigenvalue weighted by molar-refractivity contribution is -0.137. The van der Waals surface area contributed by atoms with Gasteiger partial charge in [0, 0.05) is 5.75 Å². The van der Waals surface area contributed by atoms with Gasteiger partial charge in [-0.05, 0) is 0 Å². The summed E-state index contributed by atoms with van der Waals surface area (Å²) in [5, 5.41) is 8.01. The molecule has 0 fully saturated rings. The molecule has 0 aliphatic rings. The molecule has 7 heteroatoms. The summed E-state index contributed by atoms with van der Waals surface area (Å²) in [4.78, 5) is 9.76. The maximum atomic E-state index is 9.76. The minimum Gasteiger partial charge on any atom is -0.480 e. The normalized spacial score (nSPS) is 9.40. The van der Waals surface area contributed by atoms with E-state index in [1.807, 2.05) is 0 Å². The average Bonchev–Trinajstić information content (AvgIpc) is 1.65. The molecule has 10 heavy (non-hydrogen) atoms. The topological polar surface area (TPSA) is 94.8 Å². The van der Waals surface area contributed by atoms with Gasteiger partial charge < -0.3 is 16.3 Å². The molecule has 0 saturated carbocycles. The van der Waals surface area contributed by atoms with Crippen molar-refractivity contribution < 1.29 is 15.4 Å². The number of halogens is 2. The fourth-order valence-corrected chi connectivity index (χ4v) is 0.234. The standard InChI is InChI=1S/C3H7NO2S.2ClH.H2O/c4-2(1-7)3(5)6;;;/h2,7H,1,4H2,(H,5,6);2*1H;1H2/t2-;;;/m0.../s1. The molecule has 0 heterocycles. The van der Waals surface area contributed by atoms with Gasteiger partial charge in [-0.15, -0.1) is 24.8 Å². The molecule has 0 bridgehead atoms. The maximum Gasteiger partial charge on any atom is 0.321 e. The average molecular weight is 212 g/mol. The van der Waals surface area contributed by atoms with Crippen LogP contribution in [0.1, 0.15) is 0 Å². The third kappa shape index (κ3) is 11.2. The Morgan fingerprint density at radius 2 is 1.90 bits per heavy atom. The van der Waals surface area contributed by atoms with Gasteiger partial charge in [0.2, 0.25) is 0 Å². The Morgan fingerprint density at radius 3 is 1.90 bits per heavy atom. The van der Waals surface area contributed by atoms with Crippen LogP contribution in [0.2, 0.25) is 0 Å². The Bertz CT molecular complexity index is 84.1. The Labute approximate surface area is 76.7 Å². The van der Waals surface area contributed by atoms with Crippen molar-refractivity contribution in [3.05, 3.63) is 0 Å². The monoisotopic (exact) mass is 211 g/mol.